The zero-order chi connectivity index (χ0) is 13.1. The Morgan fingerprint density at radius 1 is 1.17 bits per heavy atom. The Hall–Kier alpha value is -2.10. The van der Waals surface area contributed by atoms with Crippen molar-refractivity contribution in [3.8, 4) is 5.75 Å². The van der Waals surface area contributed by atoms with E-state index >= 15 is 0 Å². The highest BCUT2D eigenvalue weighted by molar-refractivity contribution is 5.43. The van der Waals surface area contributed by atoms with E-state index in [2.05, 4.69) is 0 Å². The highest BCUT2D eigenvalue weighted by atomic mass is 19.1. The first-order valence-corrected chi connectivity index (χ1v) is 5.50. The molecule has 0 spiro atoms. The Bertz CT molecular complexity index is 568. The number of anilines is 1. The molecule has 0 fully saturated rings. The summed E-state index contributed by atoms with van der Waals surface area (Å²) in [5, 5.41) is 0. The van der Waals surface area contributed by atoms with Gasteiger partial charge in [0.1, 0.15) is 18.2 Å². The van der Waals surface area contributed by atoms with Gasteiger partial charge in [-0.2, -0.15) is 0 Å². The monoisotopic (exact) mass is 249 g/mol. The molecule has 0 aromatic heterocycles. The molecule has 0 bridgehead atoms. The molecule has 2 rings (SSSR count). The second kappa shape index (κ2) is 5.04. The van der Waals surface area contributed by atoms with Gasteiger partial charge in [-0.3, -0.25) is 0 Å². The minimum absolute atomic E-state index is 0.0150. The van der Waals surface area contributed by atoms with E-state index in [1.165, 1.54) is 18.2 Å². The molecule has 0 aliphatic carbocycles. The zero-order valence-electron chi connectivity index (χ0n) is 9.91. The van der Waals surface area contributed by atoms with Crippen molar-refractivity contribution in [2.75, 3.05) is 5.73 Å². The second-order valence-electron chi connectivity index (χ2n) is 4.02. The van der Waals surface area contributed by atoms with Crippen LogP contribution < -0.4 is 10.5 Å². The third kappa shape index (κ3) is 2.59. The molecular weight excluding hydrogens is 236 g/mol. The van der Waals surface area contributed by atoms with Crippen LogP contribution in [0.2, 0.25) is 0 Å². The highest BCUT2D eigenvalue weighted by Crippen LogP contribution is 2.21. The number of ether oxygens (including phenoxy) is 1. The van der Waals surface area contributed by atoms with E-state index in [4.69, 9.17) is 10.5 Å². The number of rotatable bonds is 3. The van der Waals surface area contributed by atoms with Crippen molar-refractivity contribution < 1.29 is 13.5 Å². The van der Waals surface area contributed by atoms with Crippen LogP contribution in [0.15, 0.2) is 36.4 Å². The molecule has 2 N–H and O–H groups in total. The fourth-order valence-corrected chi connectivity index (χ4v) is 1.60. The number of nitrogen functional groups attached to an aromatic ring is 1. The topological polar surface area (TPSA) is 35.2 Å². The van der Waals surface area contributed by atoms with E-state index in [1.54, 1.807) is 25.1 Å². The van der Waals surface area contributed by atoms with E-state index in [1.807, 2.05) is 0 Å². The summed E-state index contributed by atoms with van der Waals surface area (Å²) in [5.41, 5.74) is 6.67. The Morgan fingerprint density at radius 3 is 2.72 bits per heavy atom. The van der Waals surface area contributed by atoms with Crippen LogP contribution in [0.1, 0.15) is 11.1 Å². The van der Waals surface area contributed by atoms with Crippen LogP contribution in [-0.2, 0) is 6.61 Å². The van der Waals surface area contributed by atoms with Crippen molar-refractivity contribution >= 4 is 5.69 Å². The van der Waals surface area contributed by atoms with Crippen LogP contribution in [0.3, 0.4) is 0 Å². The van der Waals surface area contributed by atoms with Crippen molar-refractivity contribution in [3.63, 3.8) is 0 Å². The summed E-state index contributed by atoms with van der Waals surface area (Å²) in [5.74, 6) is -0.480. The Kier molecular flexibility index (Phi) is 3.46. The molecule has 4 heteroatoms. The Morgan fingerprint density at radius 2 is 1.94 bits per heavy atom. The molecule has 0 aliphatic rings. The Balaban J connectivity index is 2.16. The summed E-state index contributed by atoms with van der Waals surface area (Å²) in [4.78, 5) is 0. The molecule has 0 aliphatic heterocycles. The fourth-order valence-electron chi connectivity index (χ4n) is 1.60. The zero-order valence-corrected chi connectivity index (χ0v) is 9.91. The molecule has 2 aromatic rings. The lowest BCUT2D eigenvalue weighted by Crippen LogP contribution is -2.02. The number of halogens is 2. The highest BCUT2D eigenvalue weighted by Gasteiger charge is 2.07. The van der Waals surface area contributed by atoms with E-state index < -0.39 is 5.82 Å². The summed E-state index contributed by atoms with van der Waals surface area (Å²) in [7, 11) is 0. The van der Waals surface area contributed by atoms with E-state index in [0.717, 1.165) is 5.56 Å². The smallest absolute Gasteiger partial charge is 0.152 e. The third-order valence-electron chi connectivity index (χ3n) is 2.64. The van der Waals surface area contributed by atoms with Gasteiger partial charge in [0.2, 0.25) is 0 Å². The van der Waals surface area contributed by atoms with Crippen LogP contribution in [0.4, 0.5) is 14.5 Å². The molecule has 0 heterocycles. The lowest BCUT2D eigenvalue weighted by molar-refractivity contribution is 0.296. The molecule has 0 atom stereocenters. The number of hydrogen-bond donors (Lipinski definition) is 1. The first-order valence-electron chi connectivity index (χ1n) is 5.50. The molecule has 0 saturated heterocycles. The largest absolute Gasteiger partial charge is 0.488 e. The summed E-state index contributed by atoms with van der Waals surface area (Å²) in [6.07, 6.45) is 0. The minimum Gasteiger partial charge on any atom is -0.488 e. The second-order valence-corrected chi connectivity index (χ2v) is 4.02. The molecule has 0 amide bonds. The molecule has 0 radical (unpaired) electrons. The molecule has 2 aromatic carbocycles. The first-order chi connectivity index (χ1) is 8.58. The van der Waals surface area contributed by atoms with Gasteiger partial charge in [0.15, 0.2) is 5.82 Å². The molecule has 0 unspecified atom stereocenters. The summed E-state index contributed by atoms with van der Waals surface area (Å²) in [6, 6.07) is 8.95. The number of benzene rings is 2. The molecule has 2 nitrogen and oxygen atoms in total. The molecular formula is C14H13F2NO. The average Bonchev–Trinajstić information content (AvgIpc) is 2.35. The number of aryl methyl sites for hydroxylation is 1. The van der Waals surface area contributed by atoms with E-state index in [0.29, 0.717) is 11.3 Å². The summed E-state index contributed by atoms with van der Waals surface area (Å²) >= 11 is 0. The van der Waals surface area contributed by atoms with Gasteiger partial charge >= 0.3 is 0 Å². The number of nitrogens with two attached hydrogens (primary N) is 1. The van der Waals surface area contributed by atoms with Gasteiger partial charge in [0.05, 0.1) is 5.69 Å². The predicted molar refractivity (Wildman–Crippen MR) is 66.3 cm³/mol. The lowest BCUT2D eigenvalue weighted by atomic mass is 10.2. The fraction of sp³-hybridized carbons (Fsp3) is 0.143. The van der Waals surface area contributed by atoms with Crippen LogP contribution >= 0.6 is 0 Å². The molecule has 94 valence electrons. The van der Waals surface area contributed by atoms with Gasteiger partial charge in [-0.1, -0.05) is 18.2 Å². The van der Waals surface area contributed by atoms with Crippen LogP contribution in [0.5, 0.6) is 5.75 Å². The Labute approximate surface area is 104 Å². The van der Waals surface area contributed by atoms with Crippen LogP contribution in [0, 0.1) is 18.6 Å². The summed E-state index contributed by atoms with van der Waals surface area (Å²) < 4.78 is 32.1. The van der Waals surface area contributed by atoms with Crippen molar-refractivity contribution in [2.45, 2.75) is 13.5 Å². The van der Waals surface area contributed by atoms with Gasteiger partial charge in [0.25, 0.3) is 0 Å². The van der Waals surface area contributed by atoms with Crippen molar-refractivity contribution in [1.29, 1.82) is 0 Å². The van der Waals surface area contributed by atoms with E-state index in [-0.39, 0.29) is 18.1 Å². The van der Waals surface area contributed by atoms with Crippen molar-refractivity contribution in [1.82, 2.24) is 0 Å². The SMILES string of the molecule is Cc1ccc(F)cc1OCc1cccc(N)c1F. The van der Waals surface area contributed by atoms with E-state index in [9.17, 15) is 8.78 Å². The van der Waals surface area contributed by atoms with Crippen molar-refractivity contribution in [3.05, 3.63) is 59.2 Å². The molecule has 0 saturated carbocycles. The maximum absolute atomic E-state index is 13.6. The first kappa shape index (κ1) is 12.4. The van der Waals surface area contributed by atoms with Crippen molar-refractivity contribution in [2.24, 2.45) is 0 Å². The van der Waals surface area contributed by atoms with Gasteiger partial charge < -0.3 is 10.5 Å². The summed E-state index contributed by atoms with van der Waals surface area (Å²) in [6.45, 7) is 1.81. The van der Waals surface area contributed by atoms with Crippen LogP contribution in [-0.4, -0.2) is 0 Å². The van der Waals surface area contributed by atoms with Crippen LogP contribution in [0.25, 0.3) is 0 Å². The molecule has 18 heavy (non-hydrogen) atoms. The van der Waals surface area contributed by atoms with Gasteiger partial charge in [-0.25, -0.2) is 8.78 Å². The average molecular weight is 249 g/mol. The quantitative estimate of drug-likeness (QED) is 0.846. The predicted octanol–water partition coefficient (Wildman–Crippen LogP) is 3.43. The maximum Gasteiger partial charge on any atom is 0.152 e. The standard InChI is InChI=1S/C14H13F2NO/c1-9-5-6-11(15)7-13(9)18-8-10-3-2-4-12(17)14(10)16/h2-7H,8,17H2,1H3. The third-order valence-corrected chi connectivity index (χ3v) is 2.64. The van der Waals surface area contributed by atoms with Gasteiger partial charge in [0, 0.05) is 11.6 Å². The normalized spacial score (nSPS) is 10.4. The number of hydrogen-bond acceptors (Lipinski definition) is 2. The lowest BCUT2D eigenvalue weighted by Gasteiger charge is -2.10. The maximum atomic E-state index is 13.6. The minimum atomic E-state index is -0.494. The van der Waals surface area contributed by atoms with Gasteiger partial charge in [-0.15, -0.1) is 0 Å². The van der Waals surface area contributed by atoms with Gasteiger partial charge in [-0.05, 0) is 24.6 Å².